The second kappa shape index (κ2) is 4.76. The zero-order chi connectivity index (χ0) is 13.2. The number of para-hydroxylation sites is 2. The van der Waals surface area contributed by atoms with E-state index in [1.165, 1.54) is 0 Å². The Morgan fingerprint density at radius 2 is 2.16 bits per heavy atom. The highest BCUT2D eigenvalue weighted by Gasteiger charge is 2.29. The molecule has 1 aromatic carbocycles. The fraction of sp³-hybridized carbons (Fsp3) is 0.286. The second-order valence-corrected chi connectivity index (χ2v) is 4.26. The number of benzene rings is 1. The zero-order valence-corrected chi connectivity index (χ0v) is 10.6. The van der Waals surface area contributed by atoms with E-state index in [4.69, 9.17) is 9.47 Å². The van der Waals surface area contributed by atoms with Crippen molar-refractivity contribution in [2.45, 2.75) is 19.6 Å². The molecule has 5 nitrogen and oxygen atoms in total. The van der Waals surface area contributed by atoms with Crippen LogP contribution in [0.15, 0.2) is 36.5 Å². The first-order chi connectivity index (χ1) is 9.29. The SMILES string of the molecule is CCn1nccc1C(=O)C1COc2ccccc2O1. The van der Waals surface area contributed by atoms with Gasteiger partial charge in [-0.15, -0.1) is 0 Å². The van der Waals surface area contributed by atoms with Gasteiger partial charge in [-0.3, -0.25) is 9.48 Å². The van der Waals surface area contributed by atoms with E-state index in [-0.39, 0.29) is 12.4 Å². The minimum Gasteiger partial charge on any atom is -0.485 e. The molecule has 0 saturated heterocycles. The quantitative estimate of drug-likeness (QED) is 0.789. The molecule has 1 aliphatic heterocycles. The maximum atomic E-state index is 12.4. The van der Waals surface area contributed by atoms with Crippen LogP contribution in [0, 0.1) is 0 Å². The summed E-state index contributed by atoms with van der Waals surface area (Å²) in [6.45, 7) is 2.82. The van der Waals surface area contributed by atoms with Crippen LogP contribution in [0.2, 0.25) is 0 Å². The van der Waals surface area contributed by atoms with Gasteiger partial charge in [0.15, 0.2) is 17.6 Å². The number of carbonyl (C=O) groups excluding carboxylic acids is 1. The molecule has 3 rings (SSSR count). The van der Waals surface area contributed by atoms with E-state index in [2.05, 4.69) is 5.10 Å². The summed E-state index contributed by atoms with van der Waals surface area (Å²) in [6, 6.07) is 9.05. The highest BCUT2D eigenvalue weighted by atomic mass is 16.6. The lowest BCUT2D eigenvalue weighted by Crippen LogP contribution is -2.37. The van der Waals surface area contributed by atoms with Crippen LogP contribution in [0.3, 0.4) is 0 Å². The van der Waals surface area contributed by atoms with E-state index >= 15 is 0 Å². The number of fused-ring (bicyclic) bond motifs is 1. The topological polar surface area (TPSA) is 53.4 Å². The molecule has 2 heterocycles. The second-order valence-electron chi connectivity index (χ2n) is 4.26. The van der Waals surface area contributed by atoms with Gasteiger partial charge in [0.05, 0.1) is 0 Å². The highest BCUT2D eigenvalue weighted by Crippen LogP contribution is 2.31. The summed E-state index contributed by atoms with van der Waals surface area (Å²) >= 11 is 0. The highest BCUT2D eigenvalue weighted by molar-refractivity contribution is 5.98. The largest absolute Gasteiger partial charge is 0.485 e. The van der Waals surface area contributed by atoms with E-state index in [1.807, 2.05) is 25.1 Å². The molecule has 0 saturated carbocycles. The van der Waals surface area contributed by atoms with Crippen molar-refractivity contribution in [3.05, 3.63) is 42.2 Å². The normalized spacial score (nSPS) is 17.2. The molecular weight excluding hydrogens is 244 g/mol. The minimum atomic E-state index is -0.614. The van der Waals surface area contributed by atoms with Crippen molar-refractivity contribution in [2.24, 2.45) is 0 Å². The molecule has 0 amide bonds. The van der Waals surface area contributed by atoms with Crippen LogP contribution >= 0.6 is 0 Å². The fourth-order valence-corrected chi connectivity index (χ4v) is 2.11. The van der Waals surface area contributed by atoms with Crippen molar-refractivity contribution in [3.8, 4) is 11.5 Å². The first-order valence-electron chi connectivity index (χ1n) is 6.24. The molecule has 1 aliphatic rings. The van der Waals surface area contributed by atoms with Crippen molar-refractivity contribution in [1.82, 2.24) is 9.78 Å². The monoisotopic (exact) mass is 258 g/mol. The Kier molecular flexibility index (Phi) is 2.95. The average molecular weight is 258 g/mol. The predicted molar refractivity (Wildman–Crippen MR) is 68.6 cm³/mol. The Morgan fingerprint density at radius 1 is 1.37 bits per heavy atom. The molecule has 0 spiro atoms. The van der Waals surface area contributed by atoms with Crippen molar-refractivity contribution in [3.63, 3.8) is 0 Å². The van der Waals surface area contributed by atoms with Crippen LogP contribution in [-0.4, -0.2) is 28.3 Å². The Hall–Kier alpha value is -2.30. The number of carbonyl (C=O) groups is 1. The maximum Gasteiger partial charge on any atom is 0.224 e. The molecule has 1 aromatic heterocycles. The van der Waals surface area contributed by atoms with Gasteiger partial charge in [-0.25, -0.2) is 0 Å². The van der Waals surface area contributed by atoms with Gasteiger partial charge in [-0.1, -0.05) is 12.1 Å². The summed E-state index contributed by atoms with van der Waals surface area (Å²) in [6.07, 6.45) is 1.01. The van der Waals surface area contributed by atoms with Gasteiger partial charge in [0.2, 0.25) is 5.78 Å². The molecule has 0 aliphatic carbocycles. The summed E-state index contributed by atoms with van der Waals surface area (Å²) < 4.78 is 12.9. The zero-order valence-electron chi connectivity index (χ0n) is 10.6. The molecule has 0 bridgehead atoms. The summed E-state index contributed by atoms with van der Waals surface area (Å²) in [5.74, 6) is 1.18. The summed E-state index contributed by atoms with van der Waals surface area (Å²) in [4.78, 5) is 12.4. The first-order valence-corrected chi connectivity index (χ1v) is 6.24. The number of nitrogens with zero attached hydrogens (tertiary/aromatic N) is 2. The van der Waals surface area contributed by atoms with Crippen LogP contribution in [0.25, 0.3) is 0 Å². The van der Waals surface area contributed by atoms with Crippen LogP contribution in [-0.2, 0) is 6.54 Å². The van der Waals surface area contributed by atoms with Gasteiger partial charge >= 0.3 is 0 Å². The number of ketones is 1. The third-order valence-corrected chi connectivity index (χ3v) is 3.07. The van der Waals surface area contributed by atoms with Gasteiger partial charge in [0, 0.05) is 12.7 Å². The van der Waals surface area contributed by atoms with Crippen molar-refractivity contribution in [2.75, 3.05) is 6.61 Å². The number of ether oxygens (including phenoxy) is 2. The van der Waals surface area contributed by atoms with Crippen molar-refractivity contribution >= 4 is 5.78 Å². The molecule has 1 unspecified atom stereocenters. The van der Waals surface area contributed by atoms with E-state index in [0.717, 1.165) is 0 Å². The lowest BCUT2D eigenvalue weighted by atomic mass is 10.1. The molecule has 98 valence electrons. The third-order valence-electron chi connectivity index (χ3n) is 3.07. The van der Waals surface area contributed by atoms with E-state index < -0.39 is 6.10 Å². The minimum absolute atomic E-state index is 0.103. The van der Waals surface area contributed by atoms with Gasteiger partial charge in [0.25, 0.3) is 0 Å². The molecule has 5 heteroatoms. The standard InChI is InChI=1S/C14H14N2O3/c1-2-16-10(7-8-15-16)14(17)13-9-18-11-5-3-4-6-12(11)19-13/h3-8,13H,2,9H2,1H3. The van der Waals surface area contributed by atoms with E-state index in [1.54, 1.807) is 23.0 Å². The van der Waals surface area contributed by atoms with Gasteiger partial charge in [0.1, 0.15) is 12.3 Å². The maximum absolute atomic E-state index is 12.4. The van der Waals surface area contributed by atoms with Gasteiger partial charge < -0.3 is 9.47 Å². The lowest BCUT2D eigenvalue weighted by molar-refractivity contribution is 0.0575. The summed E-state index contributed by atoms with van der Waals surface area (Å²) in [5.41, 5.74) is 0.551. The van der Waals surface area contributed by atoms with Crippen molar-refractivity contribution < 1.29 is 14.3 Å². The third kappa shape index (κ3) is 2.07. The average Bonchev–Trinajstić information content (AvgIpc) is 2.94. The van der Waals surface area contributed by atoms with E-state index in [9.17, 15) is 4.79 Å². The van der Waals surface area contributed by atoms with E-state index in [0.29, 0.717) is 23.7 Å². The molecule has 2 aromatic rings. The number of Topliss-reactive ketones (excluding diaryl/α,β-unsaturated/α-hetero) is 1. The summed E-state index contributed by atoms with van der Waals surface area (Å²) in [5, 5.41) is 4.09. The number of hydrogen-bond acceptors (Lipinski definition) is 4. The number of aromatic nitrogens is 2. The van der Waals surface area contributed by atoms with Crippen molar-refractivity contribution in [1.29, 1.82) is 0 Å². The molecule has 1 atom stereocenters. The Bertz CT molecular complexity index is 606. The predicted octanol–water partition coefficient (Wildman–Crippen LogP) is 1.93. The number of hydrogen-bond donors (Lipinski definition) is 0. The van der Waals surface area contributed by atoms with Crippen LogP contribution in [0.1, 0.15) is 17.4 Å². The van der Waals surface area contributed by atoms with Crippen LogP contribution in [0.4, 0.5) is 0 Å². The molecule has 0 fully saturated rings. The number of aryl methyl sites for hydroxylation is 1. The smallest absolute Gasteiger partial charge is 0.224 e. The van der Waals surface area contributed by atoms with Crippen LogP contribution < -0.4 is 9.47 Å². The van der Waals surface area contributed by atoms with Gasteiger partial charge in [-0.05, 0) is 25.1 Å². The Morgan fingerprint density at radius 3 is 2.95 bits per heavy atom. The molecule has 0 radical (unpaired) electrons. The first kappa shape index (κ1) is 11.8. The molecule has 19 heavy (non-hydrogen) atoms. The Labute approximate surface area is 110 Å². The lowest BCUT2D eigenvalue weighted by Gasteiger charge is -2.25. The van der Waals surface area contributed by atoms with Gasteiger partial charge in [-0.2, -0.15) is 5.10 Å². The molecular formula is C14H14N2O3. The number of rotatable bonds is 3. The Balaban J connectivity index is 1.83. The fourth-order valence-electron chi connectivity index (χ4n) is 2.11. The summed E-state index contributed by atoms with van der Waals surface area (Å²) in [7, 11) is 0. The molecule has 0 N–H and O–H groups in total. The van der Waals surface area contributed by atoms with Crippen LogP contribution in [0.5, 0.6) is 11.5 Å².